The molecule has 2 rings (SSSR count). The van der Waals surface area contributed by atoms with Gasteiger partial charge in [-0.15, -0.1) is 0 Å². The SMILES string of the molecule is Cc1ccc(/C(C#N)=C\c2ccc(Cl)cc2)cc1. The highest BCUT2D eigenvalue weighted by Crippen LogP contribution is 2.19. The Labute approximate surface area is 112 Å². The van der Waals surface area contributed by atoms with Crippen LogP contribution in [-0.4, -0.2) is 0 Å². The van der Waals surface area contributed by atoms with Gasteiger partial charge in [-0.25, -0.2) is 0 Å². The molecule has 0 spiro atoms. The van der Waals surface area contributed by atoms with Crippen molar-refractivity contribution < 1.29 is 0 Å². The van der Waals surface area contributed by atoms with Gasteiger partial charge in [0.1, 0.15) is 0 Å². The molecule has 2 aromatic rings. The zero-order chi connectivity index (χ0) is 13.0. The van der Waals surface area contributed by atoms with Gasteiger partial charge in [0.2, 0.25) is 0 Å². The van der Waals surface area contributed by atoms with Crippen LogP contribution in [0.15, 0.2) is 48.5 Å². The van der Waals surface area contributed by atoms with Crippen molar-refractivity contribution in [2.24, 2.45) is 0 Å². The largest absolute Gasteiger partial charge is 0.192 e. The molecule has 0 aromatic heterocycles. The van der Waals surface area contributed by atoms with Crippen molar-refractivity contribution in [3.63, 3.8) is 0 Å². The van der Waals surface area contributed by atoms with E-state index in [9.17, 15) is 5.26 Å². The standard InChI is InChI=1S/C16H12ClN/c1-12-2-6-14(7-3-12)15(11-18)10-13-4-8-16(17)9-5-13/h2-10H,1H3/b15-10-. The highest BCUT2D eigenvalue weighted by atomic mass is 35.5. The molecule has 0 bridgehead atoms. The summed E-state index contributed by atoms with van der Waals surface area (Å²) in [4.78, 5) is 0. The molecule has 0 aliphatic carbocycles. The fraction of sp³-hybridized carbons (Fsp3) is 0.0625. The van der Waals surface area contributed by atoms with Crippen molar-refractivity contribution in [1.29, 1.82) is 5.26 Å². The number of hydrogen-bond acceptors (Lipinski definition) is 1. The number of benzene rings is 2. The summed E-state index contributed by atoms with van der Waals surface area (Å²) >= 11 is 5.83. The Morgan fingerprint density at radius 2 is 1.67 bits per heavy atom. The van der Waals surface area contributed by atoms with E-state index in [0.29, 0.717) is 10.6 Å². The molecule has 2 aromatic carbocycles. The van der Waals surface area contributed by atoms with E-state index in [1.807, 2.05) is 61.5 Å². The first kappa shape index (κ1) is 12.4. The first-order valence-electron chi connectivity index (χ1n) is 5.63. The van der Waals surface area contributed by atoms with Crippen molar-refractivity contribution in [3.05, 3.63) is 70.2 Å². The molecule has 0 fully saturated rings. The Morgan fingerprint density at radius 1 is 1.06 bits per heavy atom. The lowest BCUT2D eigenvalue weighted by molar-refractivity contribution is 1.45. The fourth-order valence-electron chi connectivity index (χ4n) is 1.64. The maximum atomic E-state index is 9.22. The molecule has 1 nitrogen and oxygen atoms in total. The van der Waals surface area contributed by atoms with Gasteiger partial charge >= 0.3 is 0 Å². The van der Waals surface area contributed by atoms with Gasteiger partial charge < -0.3 is 0 Å². The molecule has 0 aliphatic rings. The van der Waals surface area contributed by atoms with E-state index in [4.69, 9.17) is 11.6 Å². The summed E-state index contributed by atoms with van der Waals surface area (Å²) in [6, 6.07) is 17.6. The van der Waals surface area contributed by atoms with Gasteiger partial charge in [0.15, 0.2) is 0 Å². The van der Waals surface area contributed by atoms with Gasteiger partial charge in [0.25, 0.3) is 0 Å². The second-order valence-corrected chi connectivity index (χ2v) is 4.52. The Bertz CT molecular complexity index is 601. The first-order chi connectivity index (χ1) is 8.69. The summed E-state index contributed by atoms with van der Waals surface area (Å²) in [5.41, 5.74) is 3.73. The molecule has 0 atom stereocenters. The maximum Gasteiger partial charge on any atom is 0.0998 e. The summed E-state index contributed by atoms with van der Waals surface area (Å²) in [6.45, 7) is 2.03. The third-order valence-electron chi connectivity index (χ3n) is 2.66. The third-order valence-corrected chi connectivity index (χ3v) is 2.92. The van der Waals surface area contributed by atoms with Crippen LogP contribution >= 0.6 is 11.6 Å². The lowest BCUT2D eigenvalue weighted by Gasteiger charge is -2.01. The van der Waals surface area contributed by atoms with Crippen molar-refractivity contribution in [3.8, 4) is 6.07 Å². The van der Waals surface area contributed by atoms with Crippen molar-refractivity contribution in [2.45, 2.75) is 6.92 Å². The van der Waals surface area contributed by atoms with Crippen molar-refractivity contribution in [2.75, 3.05) is 0 Å². The lowest BCUT2D eigenvalue weighted by atomic mass is 10.0. The molecule has 0 saturated heterocycles. The van der Waals surface area contributed by atoms with E-state index in [1.54, 1.807) is 0 Å². The first-order valence-corrected chi connectivity index (χ1v) is 6.01. The summed E-state index contributed by atoms with van der Waals surface area (Å²) in [5, 5.41) is 9.92. The second kappa shape index (κ2) is 5.53. The zero-order valence-corrected chi connectivity index (χ0v) is 10.8. The normalized spacial score (nSPS) is 11.1. The fourth-order valence-corrected chi connectivity index (χ4v) is 1.76. The highest BCUT2D eigenvalue weighted by molar-refractivity contribution is 6.30. The Kier molecular flexibility index (Phi) is 3.82. The Balaban J connectivity index is 2.37. The van der Waals surface area contributed by atoms with Gasteiger partial charge in [0, 0.05) is 5.02 Å². The second-order valence-electron chi connectivity index (χ2n) is 4.09. The Morgan fingerprint density at radius 3 is 2.22 bits per heavy atom. The highest BCUT2D eigenvalue weighted by Gasteiger charge is 2.00. The minimum atomic E-state index is 0.650. The van der Waals surface area contributed by atoms with Gasteiger partial charge in [-0.3, -0.25) is 0 Å². The molecule has 2 heteroatoms. The quantitative estimate of drug-likeness (QED) is 0.562. The van der Waals surface area contributed by atoms with E-state index in [0.717, 1.165) is 11.1 Å². The van der Waals surface area contributed by atoms with Crippen LogP contribution in [0, 0.1) is 18.3 Å². The van der Waals surface area contributed by atoms with Crippen LogP contribution in [0.2, 0.25) is 5.02 Å². The average Bonchev–Trinajstić information content (AvgIpc) is 2.39. The van der Waals surface area contributed by atoms with Gasteiger partial charge in [-0.1, -0.05) is 53.6 Å². The van der Waals surface area contributed by atoms with Gasteiger partial charge in [-0.05, 0) is 36.3 Å². The summed E-state index contributed by atoms with van der Waals surface area (Å²) in [6.07, 6.45) is 1.86. The molecule has 0 amide bonds. The molecule has 0 saturated carbocycles. The van der Waals surface area contributed by atoms with E-state index in [1.165, 1.54) is 5.56 Å². The molecule has 18 heavy (non-hydrogen) atoms. The van der Waals surface area contributed by atoms with Crippen LogP contribution in [0.4, 0.5) is 0 Å². The van der Waals surface area contributed by atoms with E-state index < -0.39 is 0 Å². The molecule has 0 heterocycles. The lowest BCUT2D eigenvalue weighted by Crippen LogP contribution is -1.82. The molecule has 0 N–H and O–H groups in total. The van der Waals surface area contributed by atoms with Crippen LogP contribution in [0.5, 0.6) is 0 Å². The van der Waals surface area contributed by atoms with Crippen molar-refractivity contribution in [1.82, 2.24) is 0 Å². The smallest absolute Gasteiger partial charge is 0.0998 e. The third kappa shape index (κ3) is 3.00. The number of halogens is 1. The van der Waals surface area contributed by atoms with E-state index in [-0.39, 0.29) is 0 Å². The van der Waals surface area contributed by atoms with Gasteiger partial charge in [-0.2, -0.15) is 5.26 Å². The van der Waals surface area contributed by atoms with Crippen LogP contribution in [0.1, 0.15) is 16.7 Å². The maximum absolute atomic E-state index is 9.22. The molecular weight excluding hydrogens is 242 g/mol. The minimum absolute atomic E-state index is 0.650. The Hall–Kier alpha value is -2.04. The molecule has 0 radical (unpaired) electrons. The van der Waals surface area contributed by atoms with Crippen LogP contribution in [-0.2, 0) is 0 Å². The summed E-state index contributed by atoms with van der Waals surface area (Å²) in [7, 11) is 0. The molecular formula is C16H12ClN. The monoisotopic (exact) mass is 253 g/mol. The van der Waals surface area contributed by atoms with Crippen molar-refractivity contribution >= 4 is 23.3 Å². The predicted molar refractivity (Wildman–Crippen MR) is 76.1 cm³/mol. The molecule has 88 valence electrons. The topological polar surface area (TPSA) is 23.8 Å². The average molecular weight is 254 g/mol. The predicted octanol–water partition coefficient (Wildman–Crippen LogP) is 4.71. The van der Waals surface area contributed by atoms with Gasteiger partial charge in [0.05, 0.1) is 11.6 Å². The number of rotatable bonds is 2. The summed E-state index contributed by atoms with van der Waals surface area (Å²) in [5.74, 6) is 0. The summed E-state index contributed by atoms with van der Waals surface area (Å²) < 4.78 is 0. The van der Waals surface area contributed by atoms with E-state index in [2.05, 4.69) is 6.07 Å². The number of aryl methyl sites for hydroxylation is 1. The molecule has 0 aliphatic heterocycles. The molecule has 0 unspecified atom stereocenters. The number of allylic oxidation sites excluding steroid dienone is 1. The van der Waals surface area contributed by atoms with Crippen LogP contribution in [0.3, 0.4) is 0 Å². The van der Waals surface area contributed by atoms with Crippen LogP contribution < -0.4 is 0 Å². The van der Waals surface area contributed by atoms with Crippen LogP contribution in [0.25, 0.3) is 11.6 Å². The number of hydrogen-bond donors (Lipinski definition) is 0. The number of nitrogens with zero attached hydrogens (tertiary/aromatic N) is 1. The zero-order valence-electron chi connectivity index (χ0n) is 10.0. The minimum Gasteiger partial charge on any atom is -0.192 e. The number of nitriles is 1. The van der Waals surface area contributed by atoms with E-state index >= 15 is 0 Å².